The molecule has 1 saturated heterocycles. The number of aliphatic hydroxyl groups excluding tert-OH is 1. The van der Waals surface area contributed by atoms with Gasteiger partial charge >= 0.3 is 0 Å². The smallest absolute Gasteiger partial charge is 0.195 e. The quantitative estimate of drug-likeness (QED) is 0.516. The van der Waals surface area contributed by atoms with Gasteiger partial charge in [-0.25, -0.2) is 0 Å². The van der Waals surface area contributed by atoms with Crippen molar-refractivity contribution in [2.75, 3.05) is 25.4 Å². The fourth-order valence-electron chi connectivity index (χ4n) is 3.51. The predicted octanol–water partition coefficient (Wildman–Crippen LogP) is 3.27. The number of hydrogen-bond donors (Lipinski definition) is 1. The van der Waals surface area contributed by atoms with Crippen molar-refractivity contribution in [3.05, 3.63) is 66.0 Å². The minimum atomic E-state index is -0.663. The maximum absolute atomic E-state index is 10.4. The topological polar surface area (TPSA) is 87.2 Å². The van der Waals surface area contributed by atoms with E-state index in [1.165, 1.54) is 24.6 Å². The molecule has 7 nitrogen and oxygen atoms in total. The molecule has 4 rings (SSSR count). The lowest BCUT2D eigenvalue weighted by Gasteiger charge is -2.16. The Kier molecular flexibility index (Phi) is 7.20. The first kappa shape index (κ1) is 21.4. The van der Waals surface area contributed by atoms with Gasteiger partial charge in [-0.3, -0.25) is 9.47 Å². The number of para-hydroxylation sites is 1. The summed E-state index contributed by atoms with van der Waals surface area (Å²) in [5, 5.41) is 28.9. The molecule has 2 heterocycles. The van der Waals surface area contributed by atoms with Crippen LogP contribution in [0.15, 0.2) is 59.8 Å². The van der Waals surface area contributed by atoms with Gasteiger partial charge in [0, 0.05) is 11.4 Å². The third kappa shape index (κ3) is 5.64. The summed E-state index contributed by atoms with van der Waals surface area (Å²) in [5.74, 6) is 1.98. The van der Waals surface area contributed by atoms with E-state index in [4.69, 9.17) is 10.00 Å². The maximum atomic E-state index is 10.4. The molecule has 1 atom stereocenters. The van der Waals surface area contributed by atoms with Crippen LogP contribution in [0.1, 0.15) is 24.2 Å². The number of ether oxygens (including phenoxy) is 1. The Balaban J connectivity index is 1.40. The lowest BCUT2D eigenvalue weighted by Crippen LogP contribution is -2.21. The lowest BCUT2D eigenvalue weighted by molar-refractivity contribution is 0.126. The van der Waals surface area contributed by atoms with Gasteiger partial charge < -0.3 is 9.84 Å². The SMILES string of the molecule is N#Cc1ccc(OCC(O)CSc2nnc(CN3CCCC3)n2-c2ccccc2)cc1. The monoisotopic (exact) mass is 435 g/mol. The third-order valence-corrected chi connectivity index (χ3v) is 6.18. The van der Waals surface area contributed by atoms with Crippen LogP contribution in [0, 0.1) is 11.3 Å². The van der Waals surface area contributed by atoms with Crippen molar-refractivity contribution in [3.63, 3.8) is 0 Å². The van der Waals surface area contributed by atoms with E-state index in [0.29, 0.717) is 17.1 Å². The number of likely N-dealkylation sites (tertiary alicyclic amines) is 1. The van der Waals surface area contributed by atoms with Gasteiger partial charge in [0.25, 0.3) is 0 Å². The molecule has 0 bridgehead atoms. The van der Waals surface area contributed by atoms with E-state index < -0.39 is 6.10 Å². The van der Waals surface area contributed by atoms with Crippen LogP contribution < -0.4 is 4.74 Å². The summed E-state index contributed by atoms with van der Waals surface area (Å²) in [6.45, 7) is 3.12. The van der Waals surface area contributed by atoms with Crippen LogP contribution >= 0.6 is 11.8 Å². The first-order valence-corrected chi connectivity index (χ1v) is 11.4. The van der Waals surface area contributed by atoms with Gasteiger partial charge in [-0.15, -0.1) is 10.2 Å². The van der Waals surface area contributed by atoms with Crippen LogP contribution in [0.5, 0.6) is 5.75 Å². The van der Waals surface area contributed by atoms with Gasteiger partial charge in [-0.05, 0) is 62.3 Å². The van der Waals surface area contributed by atoms with Crippen molar-refractivity contribution >= 4 is 11.8 Å². The normalized spacial score (nSPS) is 15.0. The number of aliphatic hydroxyl groups is 1. The van der Waals surface area contributed by atoms with E-state index in [0.717, 1.165) is 36.3 Å². The first-order valence-electron chi connectivity index (χ1n) is 10.4. The highest BCUT2D eigenvalue weighted by Crippen LogP contribution is 2.24. The molecular weight excluding hydrogens is 410 g/mol. The minimum absolute atomic E-state index is 0.166. The second-order valence-corrected chi connectivity index (χ2v) is 8.45. The molecule has 8 heteroatoms. The molecule has 31 heavy (non-hydrogen) atoms. The van der Waals surface area contributed by atoms with Gasteiger partial charge in [0.05, 0.1) is 24.3 Å². The number of nitrogens with zero attached hydrogens (tertiary/aromatic N) is 5. The molecule has 3 aromatic rings. The molecule has 1 aliphatic heterocycles. The molecular formula is C23H25N5O2S. The van der Waals surface area contributed by atoms with Gasteiger partial charge in [-0.2, -0.15) is 5.26 Å². The van der Waals surface area contributed by atoms with E-state index in [-0.39, 0.29) is 6.61 Å². The van der Waals surface area contributed by atoms with Gasteiger partial charge in [0.1, 0.15) is 12.4 Å². The molecule has 1 unspecified atom stereocenters. The molecule has 1 aliphatic rings. The van der Waals surface area contributed by atoms with Crippen molar-refractivity contribution in [2.45, 2.75) is 30.6 Å². The minimum Gasteiger partial charge on any atom is -0.491 e. The number of nitriles is 1. The highest BCUT2D eigenvalue weighted by atomic mass is 32.2. The molecule has 160 valence electrons. The average molecular weight is 436 g/mol. The Hall–Kier alpha value is -2.86. The molecule has 1 fully saturated rings. The number of aromatic nitrogens is 3. The van der Waals surface area contributed by atoms with E-state index in [1.807, 2.05) is 30.3 Å². The van der Waals surface area contributed by atoms with Gasteiger partial charge in [0.15, 0.2) is 11.0 Å². The van der Waals surface area contributed by atoms with Gasteiger partial charge in [-0.1, -0.05) is 30.0 Å². The second kappa shape index (κ2) is 10.4. The van der Waals surface area contributed by atoms with Crippen LogP contribution in [0.4, 0.5) is 0 Å². The summed E-state index contributed by atoms with van der Waals surface area (Å²) in [6.07, 6.45) is 1.79. The Bertz CT molecular complexity index is 1010. The van der Waals surface area contributed by atoms with Crippen molar-refractivity contribution in [2.24, 2.45) is 0 Å². The van der Waals surface area contributed by atoms with Crippen LogP contribution in [0.2, 0.25) is 0 Å². The fraction of sp³-hybridized carbons (Fsp3) is 0.348. The number of rotatable bonds is 9. The number of benzene rings is 2. The number of thioether (sulfide) groups is 1. The van der Waals surface area contributed by atoms with Crippen LogP contribution in [-0.4, -0.2) is 56.3 Å². The Morgan fingerprint density at radius 3 is 2.52 bits per heavy atom. The molecule has 0 amide bonds. The Morgan fingerprint density at radius 1 is 1.06 bits per heavy atom. The van der Waals surface area contributed by atoms with E-state index in [2.05, 4.69) is 25.7 Å². The highest BCUT2D eigenvalue weighted by molar-refractivity contribution is 7.99. The number of hydrogen-bond acceptors (Lipinski definition) is 7. The summed E-state index contributed by atoms with van der Waals surface area (Å²) in [5.41, 5.74) is 1.60. The zero-order chi connectivity index (χ0) is 21.5. The molecule has 0 radical (unpaired) electrons. The highest BCUT2D eigenvalue weighted by Gasteiger charge is 2.20. The van der Waals surface area contributed by atoms with Crippen molar-refractivity contribution in [3.8, 4) is 17.5 Å². The summed E-state index contributed by atoms with van der Waals surface area (Å²) in [4.78, 5) is 2.40. The molecule has 0 aliphatic carbocycles. The lowest BCUT2D eigenvalue weighted by atomic mass is 10.2. The van der Waals surface area contributed by atoms with Crippen molar-refractivity contribution in [1.82, 2.24) is 19.7 Å². The standard InChI is InChI=1S/C23H25N5O2S/c24-14-18-8-10-21(11-9-18)30-16-20(29)17-31-23-26-25-22(15-27-12-4-5-13-27)28(23)19-6-2-1-3-7-19/h1-3,6-11,20,29H,4-5,12-13,15-17H2. The molecule has 1 aromatic heterocycles. The van der Waals surface area contributed by atoms with Crippen molar-refractivity contribution < 1.29 is 9.84 Å². The zero-order valence-corrected chi connectivity index (χ0v) is 18.0. The summed E-state index contributed by atoms with van der Waals surface area (Å²) in [7, 11) is 0. The van der Waals surface area contributed by atoms with Crippen LogP contribution in [-0.2, 0) is 6.54 Å². The molecule has 0 saturated carbocycles. The summed E-state index contributed by atoms with van der Waals surface area (Å²) >= 11 is 1.47. The summed E-state index contributed by atoms with van der Waals surface area (Å²) in [6, 6.07) is 19.0. The van der Waals surface area contributed by atoms with Crippen LogP contribution in [0.3, 0.4) is 0 Å². The Morgan fingerprint density at radius 2 is 1.81 bits per heavy atom. The predicted molar refractivity (Wildman–Crippen MR) is 119 cm³/mol. The first-order chi connectivity index (χ1) is 15.2. The zero-order valence-electron chi connectivity index (χ0n) is 17.2. The van der Waals surface area contributed by atoms with E-state index in [1.54, 1.807) is 24.3 Å². The van der Waals surface area contributed by atoms with E-state index in [9.17, 15) is 5.11 Å². The molecule has 1 N–H and O–H groups in total. The van der Waals surface area contributed by atoms with E-state index >= 15 is 0 Å². The summed E-state index contributed by atoms with van der Waals surface area (Å²) < 4.78 is 7.72. The Labute approximate surface area is 186 Å². The van der Waals surface area contributed by atoms with Gasteiger partial charge in [0.2, 0.25) is 0 Å². The fourth-order valence-corrected chi connectivity index (χ4v) is 4.39. The molecule has 0 spiro atoms. The third-order valence-electron chi connectivity index (χ3n) is 5.11. The molecule has 2 aromatic carbocycles. The average Bonchev–Trinajstić information content (AvgIpc) is 3.47. The second-order valence-electron chi connectivity index (χ2n) is 7.47. The van der Waals surface area contributed by atoms with Crippen LogP contribution in [0.25, 0.3) is 5.69 Å². The van der Waals surface area contributed by atoms with Crippen molar-refractivity contribution in [1.29, 1.82) is 5.26 Å². The largest absolute Gasteiger partial charge is 0.491 e. The maximum Gasteiger partial charge on any atom is 0.195 e.